The number of rotatable bonds is 7. The van der Waals surface area contributed by atoms with Crippen LogP contribution in [-0.4, -0.2) is 41.7 Å². The Kier molecular flexibility index (Phi) is 7.71. The molecule has 5 nitrogen and oxygen atoms in total. The lowest BCUT2D eigenvalue weighted by molar-refractivity contribution is -0.142. The van der Waals surface area contributed by atoms with Crippen LogP contribution < -0.4 is 10.1 Å². The zero-order chi connectivity index (χ0) is 28.8. The van der Waals surface area contributed by atoms with Crippen molar-refractivity contribution in [3.63, 3.8) is 0 Å². The molecule has 1 saturated heterocycles. The van der Waals surface area contributed by atoms with Crippen LogP contribution in [-0.2, 0) is 23.7 Å². The van der Waals surface area contributed by atoms with Gasteiger partial charge in [0.05, 0.1) is 28.8 Å². The maximum absolute atomic E-state index is 13.5. The number of carboxylic acid groups (broad SMARTS) is 1. The molecule has 1 aliphatic carbocycles. The van der Waals surface area contributed by atoms with Crippen LogP contribution in [0.2, 0.25) is 0 Å². The number of carboxylic acids is 1. The van der Waals surface area contributed by atoms with Crippen molar-refractivity contribution in [2.75, 3.05) is 25.0 Å². The number of carbonyl (C=O) groups is 1. The molecule has 2 N–H and O–H groups in total. The Morgan fingerprint density at radius 2 is 1.73 bits per heavy atom. The second-order valence-electron chi connectivity index (χ2n) is 11.3. The monoisotopic (exact) mass is 570 g/mol. The largest absolute Gasteiger partial charge is 0.489 e. The summed E-state index contributed by atoms with van der Waals surface area (Å²) < 4.78 is 86.1. The number of halogens is 6. The Morgan fingerprint density at radius 1 is 1.02 bits per heavy atom. The van der Waals surface area contributed by atoms with Crippen LogP contribution in [0.1, 0.15) is 60.8 Å². The van der Waals surface area contributed by atoms with Gasteiger partial charge in [-0.25, -0.2) is 0 Å². The molecule has 2 heterocycles. The summed E-state index contributed by atoms with van der Waals surface area (Å²) in [6, 6.07) is 7.35. The van der Waals surface area contributed by atoms with Gasteiger partial charge < -0.3 is 15.2 Å². The van der Waals surface area contributed by atoms with Gasteiger partial charge in [0.1, 0.15) is 12.4 Å². The van der Waals surface area contributed by atoms with Crippen molar-refractivity contribution in [3.05, 3.63) is 58.7 Å². The number of fused-ring (bicyclic) bond motifs is 1. The minimum atomic E-state index is -4.74. The molecule has 0 amide bonds. The lowest BCUT2D eigenvalue weighted by atomic mass is 9.82. The van der Waals surface area contributed by atoms with Crippen LogP contribution >= 0.6 is 0 Å². The zero-order valence-corrected chi connectivity index (χ0v) is 22.0. The Bertz CT molecular complexity index is 1240. The lowest BCUT2D eigenvalue weighted by Crippen LogP contribution is -2.44. The predicted molar refractivity (Wildman–Crippen MR) is 136 cm³/mol. The lowest BCUT2D eigenvalue weighted by Gasteiger charge is -2.39. The summed E-state index contributed by atoms with van der Waals surface area (Å²) in [5.41, 5.74) is -0.739. The molecule has 2 aromatic rings. The van der Waals surface area contributed by atoms with E-state index in [1.54, 1.807) is 11.8 Å². The van der Waals surface area contributed by atoms with Gasteiger partial charge in [0.15, 0.2) is 0 Å². The Balaban J connectivity index is 1.24. The second-order valence-corrected chi connectivity index (χ2v) is 11.3. The number of hydrogen-bond acceptors (Lipinski definition) is 4. The molecule has 3 atom stereocenters. The fraction of sp³-hybridized carbons (Fsp3) is 0.552. The molecule has 3 aliphatic rings. The fourth-order valence-electron chi connectivity index (χ4n) is 6.18. The van der Waals surface area contributed by atoms with Gasteiger partial charge in [0.25, 0.3) is 0 Å². The highest BCUT2D eigenvalue weighted by molar-refractivity contribution is 5.71. The maximum atomic E-state index is 13.5. The van der Waals surface area contributed by atoms with E-state index in [1.807, 2.05) is 18.2 Å². The summed E-state index contributed by atoms with van der Waals surface area (Å²) in [6.07, 6.45) is -6.15. The van der Waals surface area contributed by atoms with E-state index in [1.165, 1.54) is 0 Å². The summed E-state index contributed by atoms with van der Waals surface area (Å²) in [4.78, 5) is 13.5. The highest BCUT2D eigenvalue weighted by atomic mass is 19.4. The SMILES string of the molecule is C[C@H](C(=O)O)C(c1ccc2c(c1)NC(C1CCN(Cc3cc(C(F)(F)F)ccc3C(F)(F)F)CC1)CO2)C1CC1. The summed E-state index contributed by atoms with van der Waals surface area (Å²) in [7, 11) is 0. The molecular weight excluding hydrogens is 538 g/mol. The molecule has 0 bridgehead atoms. The van der Waals surface area contributed by atoms with Crippen molar-refractivity contribution in [2.24, 2.45) is 17.8 Å². The minimum Gasteiger partial charge on any atom is -0.489 e. The van der Waals surface area contributed by atoms with Crippen molar-refractivity contribution in [1.29, 1.82) is 0 Å². The molecule has 1 saturated carbocycles. The molecule has 2 fully saturated rings. The standard InChI is InChI=1S/C29H32F6N2O3/c1-16(27(38)39)26(18-2-3-18)19-4-7-25-23(13-19)36-24(15-40-25)17-8-10-37(11-9-17)14-20-12-21(28(30,31)32)5-6-22(20)29(33,34)35/h4-7,12-13,16-18,24,26,36H,2-3,8-11,14-15H2,1H3,(H,38,39)/t16-,24?,26?/m0/s1. The molecule has 40 heavy (non-hydrogen) atoms. The number of aliphatic carboxylic acids is 1. The number of anilines is 1. The van der Waals surface area contributed by atoms with Gasteiger partial charge in [-0.2, -0.15) is 26.3 Å². The van der Waals surface area contributed by atoms with E-state index in [0.717, 1.165) is 24.1 Å². The molecule has 2 unspecified atom stereocenters. The first-order valence-electron chi connectivity index (χ1n) is 13.6. The molecule has 0 spiro atoms. The number of likely N-dealkylation sites (tertiary alicyclic amines) is 1. The summed E-state index contributed by atoms with van der Waals surface area (Å²) in [5.74, 6) is -0.206. The van der Waals surface area contributed by atoms with E-state index in [9.17, 15) is 36.2 Å². The maximum Gasteiger partial charge on any atom is 0.416 e. The average Bonchev–Trinajstić information content (AvgIpc) is 3.73. The molecule has 2 aromatic carbocycles. The van der Waals surface area contributed by atoms with E-state index in [4.69, 9.17) is 4.74 Å². The van der Waals surface area contributed by atoms with Gasteiger partial charge in [0, 0.05) is 6.54 Å². The quantitative estimate of drug-likeness (QED) is 0.350. The number of nitrogens with one attached hydrogen (secondary N) is 1. The van der Waals surface area contributed by atoms with E-state index in [-0.39, 0.29) is 30.0 Å². The zero-order valence-electron chi connectivity index (χ0n) is 22.0. The first-order valence-corrected chi connectivity index (χ1v) is 13.6. The molecule has 0 aromatic heterocycles. The van der Waals surface area contributed by atoms with Crippen LogP contribution in [0.15, 0.2) is 36.4 Å². The second kappa shape index (κ2) is 10.8. The summed E-state index contributed by atoms with van der Waals surface area (Å²) in [5, 5.41) is 13.2. The number of ether oxygens (including phenoxy) is 1. The number of alkyl halides is 6. The van der Waals surface area contributed by atoms with Crippen molar-refractivity contribution < 1.29 is 41.0 Å². The third-order valence-electron chi connectivity index (χ3n) is 8.54. The van der Waals surface area contributed by atoms with Gasteiger partial charge >= 0.3 is 18.3 Å². The molecule has 0 radical (unpaired) electrons. The predicted octanol–water partition coefficient (Wildman–Crippen LogP) is 7.02. The van der Waals surface area contributed by atoms with E-state index >= 15 is 0 Å². The average molecular weight is 571 g/mol. The Hall–Kier alpha value is -2.95. The van der Waals surface area contributed by atoms with Crippen LogP contribution in [0.4, 0.5) is 32.0 Å². The first kappa shape index (κ1) is 28.6. The van der Waals surface area contributed by atoms with Crippen LogP contribution in [0, 0.1) is 17.8 Å². The number of hydrogen-bond donors (Lipinski definition) is 2. The minimum absolute atomic E-state index is 0.0412. The van der Waals surface area contributed by atoms with Crippen molar-refractivity contribution in [1.82, 2.24) is 4.90 Å². The Labute approximate surface area is 228 Å². The van der Waals surface area contributed by atoms with Crippen molar-refractivity contribution in [2.45, 2.75) is 63.5 Å². The van der Waals surface area contributed by atoms with Crippen LogP contribution in [0.5, 0.6) is 5.75 Å². The highest BCUT2D eigenvalue weighted by Gasteiger charge is 2.40. The molecular formula is C29H32F6N2O3. The number of benzene rings is 2. The van der Waals surface area contributed by atoms with E-state index in [0.29, 0.717) is 62.4 Å². The highest BCUT2D eigenvalue weighted by Crippen LogP contribution is 2.48. The molecule has 5 rings (SSSR count). The van der Waals surface area contributed by atoms with Gasteiger partial charge in [-0.3, -0.25) is 9.69 Å². The van der Waals surface area contributed by atoms with Crippen LogP contribution in [0.3, 0.4) is 0 Å². The summed E-state index contributed by atoms with van der Waals surface area (Å²) in [6.45, 7) is 2.84. The van der Waals surface area contributed by atoms with E-state index in [2.05, 4.69) is 5.32 Å². The first-order chi connectivity index (χ1) is 18.8. The topological polar surface area (TPSA) is 61.8 Å². The van der Waals surface area contributed by atoms with Gasteiger partial charge in [-0.15, -0.1) is 0 Å². The van der Waals surface area contributed by atoms with E-state index < -0.39 is 35.4 Å². The van der Waals surface area contributed by atoms with Crippen molar-refractivity contribution in [3.8, 4) is 5.75 Å². The molecule has 11 heteroatoms. The Morgan fingerprint density at radius 3 is 2.33 bits per heavy atom. The fourth-order valence-corrected chi connectivity index (χ4v) is 6.18. The third kappa shape index (κ3) is 6.19. The van der Waals surface area contributed by atoms with Gasteiger partial charge in [0.2, 0.25) is 0 Å². The van der Waals surface area contributed by atoms with Crippen molar-refractivity contribution >= 4 is 11.7 Å². The number of piperidine rings is 1. The molecule has 218 valence electrons. The summed E-state index contributed by atoms with van der Waals surface area (Å²) >= 11 is 0. The van der Waals surface area contributed by atoms with Crippen LogP contribution in [0.25, 0.3) is 0 Å². The smallest absolute Gasteiger partial charge is 0.416 e. The van der Waals surface area contributed by atoms with Gasteiger partial charge in [-0.05, 0) is 98.0 Å². The normalized spacial score (nSPS) is 22.1. The van der Waals surface area contributed by atoms with Gasteiger partial charge in [-0.1, -0.05) is 13.0 Å². The third-order valence-corrected chi connectivity index (χ3v) is 8.54. The number of nitrogens with zero attached hydrogens (tertiary/aromatic N) is 1. The molecule has 2 aliphatic heterocycles.